The van der Waals surface area contributed by atoms with Gasteiger partial charge in [-0.15, -0.1) is 11.3 Å². The molecule has 0 saturated heterocycles. The number of fused-ring (bicyclic) bond motifs is 1. The van der Waals surface area contributed by atoms with E-state index in [-0.39, 0.29) is 19.1 Å². The molecule has 0 bridgehead atoms. The summed E-state index contributed by atoms with van der Waals surface area (Å²) in [5, 5.41) is 12.0. The molecule has 2 N–H and O–H groups in total. The zero-order chi connectivity index (χ0) is 15.1. The van der Waals surface area contributed by atoms with Gasteiger partial charge >= 0.3 is 5.97 Å². The molecule has 2 rings (SSSR count). The number of carbonyl (C=O) groups excluding carboxylic acids is 1. The predicted molar refractivity (Wildman–Crippen MR) is 79.4 cm³/mol. The van der Waals surface area contributed by atoms with Gasteiger partial charge in [0.1, 0.15) is 6.61 Å². The highest BCUT2D eigenvalue weighted by molar-refractivity contribution is 7.18. The van der Waals surface area contributed by atoms with E-state index in [0.29, 0.717) is 19.4 Å². The molecule has 0 aliphatic rings. The first-order valence-electron chi connectivity index (χ1n) is 6.56. The third-order valence-corrected chi connectivity index (χ3v) is 3.79. The van der Waals surface area contributed by atoms with Crippen molar-refractivity contribution in [3.63, 3.8) is 0 Å². The molecule has 1 heterocycles. The second kappa shape index (κ2) is 7.70. The quantitative estimate of drug-likeness (QED) is 0.721. The lowest BCUT2D eigenvalue weighted by molar-refractivity contribution is -0.142. The molecular weight excluding hydrogens is 292 g/mol. The Hall–Kier alpha value is -1.99. The number of hydrogen-bond donors (Lipinski definition) is 2. The van der Waals surface area contributed by atoms with Crippen molar-refractivity contribution >= 4 is 33.4 Å². The molecule has 6 nitrogen and oxygen atoms in total. The molecule has 0 radical (unpaired) electrons. The first-order chi connectivity index (χ1) is 10.1. The molecule has 1 aromatic carbocycles. The van der Waals surface area contributed by atoms with Crippen molar-refractivity contribution in [3.8, 4) is 0 Å². The Bertz CT molecular complexity index is 593. The van der Waals surface area contributed by atoms with E-state index in [1.807, 2.05) is 24.3 Å². The molecular formula is C14H16N2O4S. The highest BCUT2D eigenvalue weighted by Crippen LogP contribution is 2.22. The fraction of sp³-hybridized carbons (Fsp3) is 0.357. The lowest BCUT2D eigenvalue weighted by Crippen LogP contribution is -2.28. The fourth-order valence-electron chi connectivity index (χ4n) is 1.76. The van der Waals surface area contributed by atoms with Crippen LogP contribution in [0.1, 0.15) is 11.4 Å². The molecule has 0 aliphatic carbocycles. The maximum Gasteiger partial charge on any atom is 0.329 e. The average Bonchev–Trinajstić information content (AvgIpc) is 2.87. The number of aromatic nitrogens is 1. The normalized spacial score (nSPS) is 10.7. The van der Waals surface area contributed by atoms with Gasteiger partial charge in [-0.05, 0) is 12.1 Å². The summed E-state index contributed by atoms with van der Waals surface area (Å²) in [6, 6.07) is 7.87. The number of rotatable bonds is 8. The third-order valence-electron chi connectivity index (χ3n) is 2.70. The van der Waals surface area contributed by atoms with E-state index >= 15 is 0 Å². The smallest absolute Gasteiger partial charge is 0.329 e. The van der Waals surface area contributed by atoms with Crippen LogP contribution in [0.25, 0.3) is 10.2 Å². The fourth-order valence-corrected chi connectivity index (χ4v) is 2.72. The number of ether oxygens (including phenoxy) is 1. The van der Waals surface area contributed by atoms with Crippen LogP contribution in [0.15, 0.2) is 24.3 Å². The number of nitrogens with zero attached hydrogens (tertiary/aromatic N) is 1. The van der Waals surface area contributed by atoms with Crippen molar-refractivity contribution in [2.45, 2.75) is 12.8 Å². The van der Waals surface area contributed by atoms with Gasteiger partial charge in [-0.2, -0.15) is 0 Å². The summed E-state index contributed by atoms with van der Waals surface area (Å²) in [7, 11) is 0. The number of carboxylic acids is 1. The van der Waals surface area contributed by atoms with Gasteiger partial charge in [-0.3, -0.25) is 4.79 Å². The van der Waals surface area contributed by atoms with Crippen LogP contribution in [-0.4, -0.2) is 41.7 Å². The van der Waals surface area contributed by atoms with E-state index < -0.39 is 5.97 Å². The molecule has 2 aromatic rings. The third kappa shape index (κ3) is 5.13. The molecule has 0 fully saturated rings. The maximum atomic E-state index is 11.6. The number of amides is 1. The summed E-state index contributed by atoms with van der Waals surface area (Å²) in [5.41, 5.74) is 0.958. The van der Waals surface area contributed by atoms with Gasteiger partial charge < -0.3 is 15.2 Å². The van der Waals surface area contributed by atoms with Crippen molar-refractivity contribution in [2.24, 2.45) is 0 Å². The van der Waals surface area contributed by atoms with Crippen LogP contribution < -0.4 is 5.32 Å². The van der Waals surface area contributed by atoms with E-state index in [1.165, 1.54) is 0 Å². The Morgan fingerprint density at radius 2 is 2.14 bits per heavy atom. The van der Waals surface area contributed by atoms with Crippen LogP contribution >= 0.6 is 11.3 Å². The molecule has 1 aromatic heterocycles. The number of para-hydroxylation sites is 1. The second-order valence-corrected chi connectivity index (χ2v) is 5.49. The number of hydrogen-bond acceptors (Lipinski definition) is 5. The minimum atomic E-state index is -1.02. The molecule has 7 heteroatoms. The summed E-state index contributed by atoms with van der Waals surface area (Å²) >= 11 is 1.59. The molecule has 1 amide bonds. The van der Waals surface area contributed by atoms with Crippen molar-refractivity contribution in [1.82, 2.24) is 10.3 Å². The Balaban J connectivity index is 1.67. The molecule has 0 unspecified atom stereocenters. The summed E-state index contributed by atoms with van der Waals surface area (Å²) in [6.07, 6.45) is 0.958. The lowest BCUT2D eigenvalue weighted by Gasteiger charge is -2.04. The van der Waals surface area contributed by atoms with E-state index in [2.05, 4.69) is 10.3 Å². The van der Waals surface area contributed by atoms with E-state index in [1.54, 1.807) is 11.3 Å². The monoisotopic (exact) mass is 308 g/mol. The summed E-state index contributed by atoms with van der Waals surface area (Å²) in [4.78, 5) is 26.3. The van der Waals surface area contributed by atoms with Crippen LogP contribution in [-0.2, 0) is 20.7 Å². The Morgan fingerprint density at radius 1 is 1.33 bits per heavy atom. The van der Waals surface area contributed by atoms with Gasteiger partial charge in [-0.25, -0.2) is 9.78 Å². The zero-order valence-electron chi connectivity index (χ0n) is 11.4. The summed E-state index contributed by atoms with van der Waals surface area (Å²) in [6.45, 7) is 0.159. The minimum Gasteiger partial charge on any atom is -0.480 e. The Labute approximate surface area is 125 Å². The number of thiazole rings is 1. The zero-order valence-corrected chi connectivity index (χ0v) is 12.2. The predicted octanol–water partition coefficient (Wildman–Crippen LogP) is 1.45. The van der Waals surface area contributed by atoms with Crippen LogP contribution in [0.4, 0.5) is 0 Å². The highest BCUT2D eigenvalue weighted by atomic mass is 32.1. The summed E-state index contributed by atoms with van der Waals surface area (Å²) < 4.78 is 5.94. The SMILES string of the molecule is O=C(O)COCCNC(=O)CCc1nc2ccccc2s1. The average molecular weight is 308 g/mol. The Morgan fingerprint density at radius 3 is 2.90 bits per heavy atom. The largest absolute Gasteiger partial charge is 0.480 e. The molecule has 0 atom stereocenters. The maximum absolute atomic E-state index is 11.6. The standard InChI is InChI=1S/C14H16N2O4S/c17-12(15-7-8-20-9-14(18)19)5-6-13-16-10-3-1-2-4-11(10)21-13/h1-4H,5-9H2,(H,15,17)(H,18,19). The van der Waals surface area contributed by atoms with Crippen molar-refractivity contribution in [3.05, 3.63) is 29.3 Å². The summed E-state index contributed by atoms with van der Waals surface area (Å²) in [5.74, 6) is -1.11. The second-order valence-electron chi connectivity index (χ2n) is 4.37. The van der Waals surface area contributed by atoms with Crippen molar-refractivity contribution in [1.29, 1.82) is 0 Å². The number of aryl methyl sites for hydroxylation is 1. The molecule has 0 aliphatic heterocycles. The van der Waals surface area contributed by atoms with Gasteiger partial charge in [0.25, 0.3) is 0 Å². The molecule has 112 valence electrons. The van der Waals surface area contributed by atoms with Gasteiger partial charge in [0.15, 0.2) is 0 Å². The van der Waals surface area contributed by atoms with E-state index in [0.717, 1.165) is 15.2 Å². The van der Waals surface area contributed by atoms with E-state index in [4.69, 9.17) is 9.84 Å². The highest BCUT2D eigenvalue weighted by Gasteiger charge is 2.06. The Kier molecular flexibility index (Phi) is 5.65. The van der Waals surface area contributed by atoms with Crippen molar-refractivity contribution < 1.29 is 19.4 Å². The van der Waals surface area contributed by atoms with Gasteiger partial charge in [0.05, 0.1) is 21.8 Å². The number of nitrogens with one attached hydrogen (secondary N) is 1. The van der Waals surface area contributed by atoms with Crippen LogP contribution in [0.2, 0.25) is 0 Å². The topological polar surface area (TPSA) is 88.5 Å². The van der Waals surface area contributed by atoms with Gasteiger partial charge in [0, 0.05) is 19.4 Å². The van der Waals surface area contributed by atoms with Crippen LogP contribution in [0.3, 0.4) is 0 Å². The lowest BCUT2D eigenvalue weighted by atomic mass is 10.3. The minimum absolute atomic E-state index is 0.0896. The molecule has 0 saturated carbocycles. The van der Waals surface area contributed by atoms with Gasteiger partial charge in [-0.1, -0.05) is 12.1 Å². The first kappa shape index (κ1) is 15.4. The molecule has 0 spiro atoms. The van der Waals surface area contributed by atoms with Gasteiger partial charge in [0.2, 0.25) is 5.91 Å². The van der Waals surface area contributed by atoms with Crippen LogP contribution in [0.5, 0.6) is 0 Å². The number of carboxylic acid groups (broad SMARTS) is 1. The molecule has 21 heavy (non-hydrogen) atoms. The first-order valence-corrected chi connectivity index (χ1v) is 7.37. The van der Waals surface area contributed by atoms with Crippen LogP contribution in [0, 0.1) is 0 Å². The van der Waals surface area contributed by atoms with Crippen molar-refractivity contribution in [2.75, 3.05) is 19.8 Å². The number of carbonyl (C=O) groups is 2. The number of aliphatic carboxylic acids is 1. The van der Waals surface area contributed by atoms with E-state index in [9.17, 15) is 9.59 Å². The number of benzene rings is 1.